The molecule has 4 heterocycles. The van der Waals surface area contributed by atoms with Crippen molar-refractivity contribution in [3.63, 3.8) is 0 Å². The van der Waals surface area contributed by atoms with E-state index in [0.29, 0.717) is 38.1 Å². The van der Waals surface area contributed by atoms with E-state index < -0.39 is 0 Å². The SMILES string of the molecule is Cc1cc(-c2[nH]c3ccc(C4CCN(CC(=O)N5CCOC[C@H]5CO)CC4)cc3c2C(C)C)cc(C)n1. The van der Waals surface area contributed by atoms with E-state index in [9.17, 15) is 9.90 Å². The van der Waals surface area contributed by atoms with Crippen LogP contribution < -0.4 is 0 Å². The third kappa shape index (κ3) is 5.44. The number of pyridine rings is 1. The molecule has 0 unspecified atom stereocenters. The number of hydrogen-bond acceptors (Lipinski definition) is 5. The zero-order chi connectivity index (χ0) is 26.1. The van der Waals surface area contributed by atoms with E-state index in [4.69, 9.17) is 4.74 Å². The molecule has 3 aromatic rings. The van der Waals surface area contributed by atoms with Crippen molar-refractivity contribution in [2.24, 2.45) is 0 Å². The molecule has 0 spiro atoms. The Hall–Kier alpha value is -2.74. The van der Waals surface area contributed by atoms with Crippen LogP contribution >= 0.6 is 0 Å². The van der Waals surface area contributed by atoms with Gasteiger partial charge in [0.1, 0.15) is 0 Å². The Morgan fingerprint density at radius 2 is 1.86 bits per heavy atom. The fourth-order valence-corrected chi connectivity index (χ4v) is 6.13. The molecule has 7 heteroatoms. The van der Waals surface area contributed by atoms with Crippen LogP contribution in [0.2, 0.25) is 0 Å². The Labute approximate surface area is 219 Å². The number of rotatable bonds is 6. The van der Waals surface area contributed by atoms with Gasteiger partial charge in [0.2, 0.25) is 5.91 Å². The molecule has 7 nitrogen and oxygen atoms in total. The van der Waals surface area contributed by atoms with Crippen molar-refractivity contribution in [1.29, 1.82) is 0 Å². The highest BCUT2D eigenvalue weighted by atomic mass is 16.5. The molecule has 0 saturated carbocycles. The number of aryl methyl sites for hydroxylation is 2. The Bertz CT molecular complexity index is 1240. The predicted molar refractivity (Wildman–Crippen MR) is 147 cm³/mol. The molecule has 37 heavy (non-hydrogen) atoms. The van der Waals surface area contributed by atoms with Crippen LogP contribution in [0.4, 0.5) is 0 Å². The minimum atomic E-state index is -0.216. The van der Waals surface area contributed by atoms with Gasteiger partial charge in [-0.15, -0.1) is 0 Å². The number of ether oxygens (including phenoxy) is 1. The Balaban J connectivity index is 1.31. The van der Waals surface area contributed by atoms with Crippen LogP contribution in [-0.2, 0) is 9.53 Å². The van der Waals surface area contributed by atoms with Crippen LogP contribution in [0.3, 0.4) is 0 Å². The van der Waals surface area contributed by atoms with Gasteiger partial charge < -0.3 is 19.7 Å². The Morgan fingerprint density at radius 1 is 1.14 bits per heavy atom. The number of aliphatic hydroxyl groups excluding tert-OH is 1. The van der Waals surface area contributed by atoms with Crippen molar-refractivity contribution in [1.82, 2.24) is 19.8 Å². The summed E-state index contributed by atoms with van der Waals surface area (Å²) in [6.45, 7) is 12.4. The number of benzene rings is 1. The predicted octanol–water partition coefficient (Wildman–Crippen LogP) is 4.37. The second kappa shape index (κ2) is 10.9. The average Bonchev–Trinajstić information content (AvgIpc) is 3.28. The maximum absolute atomic E-state index is 12.9. The third-order valence-electron chi connectivity index (χ3n) is 7.99. The largest absolute Gasteiger partial charge is 0.394 e. The summed E-state index contributed by atoms with van der Waals surface area (Å²) in [7, 11) is 0. The lowest BCUT2D eigenvalue weighted by Gasteiger charge is -2.37. The highest BCUT2D eigenvalue weighted by Gasteiger charge is 2.29. The number of aromatic amines is 1. The van der Waals surface area contributed by atoms with Gasteiger partial charge in [-0.05, 0) is 87.0 Å². The fraction of sp³-hybridized carbons (Fsp3) is 0.533. The molecule has 1 aromatic carbocycles. The van der Waals surface area contributed by atoms with Gasteiger partial charge in [-0.2, -0.15) is 0 Å². The molecule has 1 amide bonds. The number of aliphatic hydroxyl groups is 1. The van der Waals surface area contributed by atoms with E-state index in [-0.39, 0.29) is 18.6 Å². The van der Waals surface area contributed by atoms with E-state index in [1.54, 1.807) is 4.90 Å². The molecule has 2 N–H and O–H groups in total. The van der Waals surface area contributed by atoms with Crippen LogP contribution in [0.1, 0.15) is 61.0 Å². The normalized spacial score (nSPS) is 19.7. The van der Waals surface area contributed by atoms with Crippen LogP contribution in [0, 0.1) is 13.8 Å². The number of carbonyl (C=O) groups excluding carboxylic acids is 1. The molecule has 2 aliphatic rings. The minimum absolute atomic E-state index is 0.0457. The van der Waals surface area contributed by atoms with Gasteiger partial charge in [0.05, 0.1) is 38.1 Å². The van der Waals surface area contributed by atoms with Crippen molar-refractivity contribution in [3.05, 3.63) is 52.8 Å². The summed E-state index contributed by atoms with van der Waals surface area (Å²) in [6, 6.07) is 11.0. The summed E-state index contributed by atoms with van der Waals surface area (Å²) >= 11 is 0. The van der Waals surface area contributed by atoms with Crippen molar-refractivity contribution in [2.75, 3.05) is 46.0 Å². The lowest BCUT2D eigenvalue weighted by atomic mass is 9.87. The van der Waals surface area contributed by atoms with Crippen LogP contribution in [0.25, 0.3) is 22.2 Å². The number of nitrogens with zero attached hydrogens (tertiary/aromatic N) is 3. The topological polar surface area (TPSA) is 81.7 Å². The molecular weight excluding hydrogens is 464 g/mol. The van der Waals surface area contributed by atoms with E-state index in [1.807, 2.05) is 0 Å². The quantitative estimate of drug-likeness (QED) is 0.521. The van der Waals surface area contributed by atoms with Gasteiger partial charge in [-0.3, -0.25) is 14.7 Å². The molecule has 2 fully saturated rings. The summed E-state index contributed by atoms with van der Waals surface area (Å²) in [6.07, 6.45) is 2.09. The summed E-state index contributed by atoms with van der Waals surface area (Å²) in [5.41, 5.74) is 8.42. The first-order valence-corrected chi connectivity index (χ1v) is 13.7. The van der Waals surface area contributed by atoms with E-state index in [0.717, 1.165) is 37.3 Å². The zero-order valence-electron chi connectivity index (χ0n) is 22.6. The molecule has 198 valence electrons. The zero-order valence-corrected chi connectivity index (χ0v) is 22.6. The molecule has 0 aliphatic carbocycles. The summed E-state index contributed by atoms with van der Waals surface area (Å²) < 4.78 is 5.42. The minimum Gasteiger partial charge on any atom is -0.394 e. The number of nitrogens with one attached hydrogen (secondary N) is 1. The molecule has 2 aliphatic heterocycles. The molecule has 2 aromatic heterocycles. The van der Waals surface area contributed by atoms with Gasteiger partial charge >= 0.3 is 0 Å². The number of H-pyrrole nitrogens is 1. The standard InChI is InChI=1S/C30H40N4O3/c1-19(2)29-26-15-23(5-6-27(26)32-30(29)24-13-20(3)31-21(4)14-24)22-7-9-33(10-8-22)16-28(36)34-11-12-37-18-25(34)17-35/h5-6,13-15,19,22,25,32,35H,7-12,16-18H2,1-4H3/t25-/m1/s1. The smallest absolute Gasteiger partial charge is 0.237 e. The summed E-state index contributed by atoms with van der Waals surface area (Å²) in [5.74, 6) is 0.988. The van der Waals surface area contributed by atoms with Crippen molar-refractivity contribution < 1.29 is 14.6 Å². The van der Waals surface area contributed by atoms with Crippen LogP contribution in [0.5, 0.6) is 0 Å². The van der Waals surface area contributed by atoms with Crippen LogP contribution in [-0.4, -0.2) is 82.8 Å². The maximum atomic E-state index is 12.9. The van der Waals surface area contributed by atoms with E-state index in [2.05, 4.69) is 72.9 Å². The highest BCUT2D eigenvalue weighted by molar-refractivity contribution is 5.92. The number of piperidine rings is 1. The first kappa shape index (κ1) is 25.9. The fourth-order valence-electron chi connectivity index (χ4n) is 6.13. The summed E-state index contributed by atoms with van der Waals surface area (Å²) in [5, 5.41) is 10.9. The lowest BCUT2D eigenvalue weighted by molar-refractivity contribution is -0.143. The number of fused-ring (bicyclic) bond motifs is 1. The number of carbonyl (C=O) groups is 1. The second-order valence-electron chi connectivity index (χ2n) is 11.1. The maximum Gasteiger partial charge on any atom is 0.237 e. The molecule has 0 bridgehead atoms. The second-order valence-corrected chi connectivity index (χ2v) is 11.1. The highest BCUT2D eigenvalue weighted by Crippen LogP contribution is 2.38. The molecule has 0 radical (unpaired) electrons. The number of amides is 1. The van der Waals surface area contributed by atoms with E-state index >= 15 is 0 Å². The van der Waals surface area contributed by atoms with E-state index in [1.165, 1.54) is 33.3 Å². The molecule has 2 saturated heterocycles. The average molecular weight is 505 g/mol. The molecular formula is C30H40N4O3. The third-order valence-corrected chi connectivity index (χ3v) is 7.99. The number of aromatic nitrogens is 2. The summed E-state index contributed by atoms with van der Waals surface area (Å²) in [4.78, 5) is 25.2. The Kier molecular flexibility index (Phi) is 7.65. The molecule has 5 rings (SSSR count). The number of morpholine rings is 1. The molecule has 1 atom stereocenters. The first-order chi connectivity index (χ1) is 17.8. The van der Waals surface area contributed by atoms with Crippen molar-refractivity contribution in [2.45, 2.75) is 58.4 Å². The van der Waals surface area contributed by atoms with Crippen LogP contribution in [0.15, 0.2) is 30.3 Å². The van der Waals surface area contributed by atoms with Gasteiger partial charge in [-0.1, -0.05) is 19.9 Å². The van der Waals surface area contributed by atoms with Gasteiger partial charge in [-0.25, -0.2) is 0 Å². The van der Waals surface area contributed by atoms with Gasteiger partial charge in [0.15, 0.2) is 0 Å². The van der Waals surface area contributed by atoms with Crippen molar-refractivity contribution >= 4 is 16.8 Å². The number of likely N-dealkylation sites (tertiary alicyclic amines) is 1. The van der Waals surface area contributed by atoms with Gasteiger partial charge in [0, 0.05) is 34.4 Å². The monoisotopic (exact) mass is 504 g/mol. The van der Waals surface area contributed by atoms with Gasteiger partial charge in [0.25, 0.3) is 0 Å². The Morgan fingerprint density at radius 3 is 2.54 bits per heavy atom. The van der Waals surface area contributed by atoms with Crippen molar-refractivity contribution in [3.8, 4) is 11.3 Å². The first-order valence-electron chi connectivity index (χ1n) is 13.7. The lowest BCUT2D eigenvalue weighted by Crippen LogP contribution is -2.53. The number of hydrogen-bond donors (Lipinski definition) is 2.